The molecule has 5 rings (SSSR count). The molecule has 0 saturated heterocycles. The van der Waals surface area contributed by atoms with E-state index in [0.29, 0.717) is 34.2 Å². The number of anilines is 2. The van der Waals surface area contributed by atoms with Gasteiger partial charge in [-0.2, -0.15) is 9.78 Å². The molecule has 0 radical (unpaired) electrons. The Morgan fingerprint density at radius 1 is 0.974 bits per heavy atom. The average molecular weight is 527 g/mol. The van der Waals surface area contributed by atoms with Gasteiger partial charge in [0, 0.05) is 11.3 Å². The number of hydrogen-bond donors (Lipinski definition) is 2. The lowest BCUT2D eigenvalue weighted by Gasteiger charge is -2.15. The molecule has 0 fully saturated rings. The Kier molecular flexibility index (Phi) is 7.35. The second-order valence-corrected chi connectivity index (χ2v) is 8.32. The fourth-order valence-corrected chi connectivity index (χ4v) is 3.70. The Hall–Kier alpha value is -5.38. The number of amides is 1. The zero-order chi connectivity index (χ0) is 27.2. The van der Waals surface area contributed by atoms with Gasteiger partial charge in [-0.15, -0.1) is 0 Å². The van der Waals surface area contributed by atoms with Crippen LogP contribution in [0.5, 0.6) is 17.2 Å². The first-order valence-corrected chi connectivity index (χ1v) is 11.9. The van der Waals surface area contributed by atoms with E-state index < -0.39 is 11.4 Å². The number of aromatic nitrogens is 2. The molecule has 5 aromatic rings. The normalized spacial score (nSPS) is 10.6. The van der Waals surface area contributed by atoms with E-state index >= 15 is 0 Å². The maximum absolute atomic E-state index is 13.5. The number of nitrogens with zero attached hydrogens (tertiary/aromatic N) is 2. The summed E-state index contributed by atoms with van der Waals surface area (Å²) in [5.74, 6) is 1.22. The van der Waals surface area contributed by atoms with Crippen LogP contribution in [0, 0.1) is 5.82 Å². The van der Waals surface area contributed by atoms with Gasteiger partial charge >= 0.3 is 0 Å². The lowest BCUT2D eigenvalue weighted by atomic mass is 10.2. The van der Waals surface area contributed by atoms with Gasteiger partial charge in [0.25, 0.3) is 11.5 Å². The Morgan fingerprint density at radius 3 is 2.36 bits per heavy atom. The minimum Gasteiger partial charge on any atom is -0.497 e. The first kappa shape index (κ1) is 25.3. The monoisotopic (exact) mass is 526 g/mol. The fraction of sp³-hybridized carbons (Fsp3) is 0.0690. The van der Waals surface area contributed by atoms with E-state index in [4.69, 9.17) is 13.9 Å². The number of carbonyl (C=O) groups is 1. The first-order chi connectivity index (χ1) is 19.0. The smallest absolute Gasteiger partial charge is 0.299 e. The zero-order valence-electron chi connectivity index (χ0n) is 20.8. The topological polar surface area (TPSA) is 108 Å². The van der Waals surface area contributed by atoms with Crippen LogP contribution in [0.3, 0.4) is 0 Å². The van der Waals surface area contributed by atoms with E-state index in [0.717, 1.165) is 4.68 Å². The molecule has 39 heavy (non-hydrogen) atoms. The standard InChI is InChI=1S/C29H23FN4O5/c1-37-23-12-14-24(15-13-23)39-26-18-32-34(22-10-6-20(30)7-11-22)29(36)27(26)33-21-8-4-19(5-9-21)28(35)31-17-25-3-2-16-38-25/h2-16,18,33H,17H2,1H3,(H,31,35). The number of carbonyl (C=O) groups excluding carboxylic acids is 1. The van der Waals surface area contributed by atoms with E-state index in [1.54, 1.807) is 67.8 Å². The minimum atomic E-state index is -0.520. The Morgan fingerprint density at radius 2 is 1.69 bits per heavy atom. The highest BCUT2D eigenvalue weighted by atomic mass is 19.1. The van der Waals surface area contributed by atoms with Crippen molar-refractivity contribution in [2.75, 3.05) is 12.4 Å². The molecule has 1 amide bonds. The van der Waals surface area contributed by atoms with Crippen molar-refractivity contribution in [3.63, 3.8) is 0 Å². The third kappa shape index (κ3) is 5.96. The highest BCUT2D eigenvalue weighted by Gasteiger charge is 2.16. The number of nitrogens with one attached hydrogen (secondary N) is 2. The number of halogens is 1. The van der Waals surface area contributed by atoms with E-state index in [2.05, 4.69) is 15.7 Å². The number of benzene rings is 3. The number of ether oxygens (including phenoxy) is 2. The van der Waals surface area contributed by atoms with E-state index in [9.17, 15) is 14.0 Å². The summed E-state index contributed by atoms with van der Waals surface area (Å²) in [5, 5.41) is 10.1. The molecule has 10 heteroatoms. The van der Waals surface area contributed by atoms with Crippen molar-refractivity contribution in [1.29, 1.82) is 0 Å². The summed E-state index contributed by atoms with van der Waals surface area (Å²) in [4.78, 5) is 26.0. The maximum atomic E-state index is 13.5. The van der Waals surface area contributed by atoms with Crippen LogP contribution in [0.4, 0.5) is 15.8 Å². The summed E-state index contributed by atoms with van der Waals surface area (Å²) in [6.45, 7) is 0.262. The van der Waals surface area contributed by atoms with Gasteiger partial charge in [-0.05, 0) is 84.9 Å². The number of hydrogen-bond acceptors (Lipinski definition) is 7. The lowest BCUT2D eigenvalue weighted by Crippen LogP contribution is -2.24. The summed E-state index contributed by atoms with van der Waals surface area (Å²) in [6, 6.07) is 22.4. The first-order valence-electron chi connectivity index (χ1n) is 11.9. The van der Waals surface area contributed by atoms with Crippen LogP contribution in [-0.4, -0.2) is 22.8 Å². The summed E-state index contributed by atoms with van der Waals surface area (Å²) >= 11 is 0. The summed E-state index contributed by atoms with van der Waals surface area (Å²) in [7, 11) is 1.56. The van der Waals surface area contributed by atoms with Crippen molar-refractivity contribution < 1.29 is 23.1 Å². The molecule has 0 bridgehead atoms. The average Bonchev–Trinajstić information content (AvgIpc) is 3.49. The molecule has 2 heterocycles. The van der Waals surface area contributed by atoms with E-state index in [1.807, 2.05) is 0 Å². The van der Waals surface area contributed by atoms with Crippen molar-refractivity contribution in [1.82, 2.24) is 15.1 Å². The molecule has 0 unspecified atom stereocenters. The van der Waals surface area contributed by atoms with E-state index in [1.165, 1.54) is 36.7 Å². The summed E-state index contributed by atoms with van der Waals surface area (Å²) < 4.78 is 31.0. The van der Waals surface area contributed by atoms with Crippen molar-refractivity contribution in [2.24, 2.45) is 0 Å². The van der Waals surface area contributed by atoms with Crippen LogP contribution in [0.2, 0.25) is 0 Å². The molecule has 0 aliphatic rings. The van der Waals surface area contributed by atoms with Gasteiger partial charge in [-0.1, -0.05) is 0 Å². The van der Waals surface area contributed by atoms with E-state index in [-0.39, 0.29) is 23.9 Å². The Balaban J connectivity index is 1.42. The zero-order valence-corrected chi connectivity index (χ0v) is 20.8. The van der Waals surface area contributed by atoms with Gasteiger partial charge in [0.05, 0.1) is 31.8 Å². The van der Waals surface area contributed by atoms with Crippen molar-refractivity contribution in [3.05, 3.63) is 125 Å². The second kappa shape index (κ2) is 11.3. The molecular formula is C29H23FN4O5. The third-order valence-electron chi connectivity index (χ3n) is 5.72. The lowest BCUT2D eigenvalue weighted by molar-refractivity contribution is 0.0948. The highest BCUT2D eigenvalue weighted by molar-refractivity contribution is 5.94. The van der Waals surface area contributed by atoms with Gasteiger partial charge in [-0.3, -0.25) is 9.59 Å². The number of methoxy groups -OCH3 is 1. The molecule has 0 atom stereocenters. The second-order valence-electron chi connectivity index (χ2n) is 8.32. The van der Waals surface area contributed by atoms with Gasteiger partial charge in [-0.25, -0.2) is 4.39 Å². The third-order valence-corrected chi connectivity index (χ3v) is 5.72. The molecule has 3 aromatic carbocycles. The molecule has 0 spiro atoms. The minimum absolute atomic E-state index is 0.0974. The Bertz CT molecular complexity index is 1620. The van der Waals surface area contributed by atoms with Gasteiger partial charge in [0.15, 0.2) is 11.4 Å². The molecule has 0 aliphatic carbocycles. The quantitative estimate of drug-likeness (QED) is 0.263. The molecule has 0 aliphatic heterocycles. The molecule has 196 valence electrons. The number of furan rings is 1. The fourth-order valence-electron chi connectivity index (χ4n) is 3.70. The predicted molar refractivity (Wildman–Crippen MR) is 142 cm³/mol. The largest absolute Gasteiger partial charge is 0.497 e. The summed E-state index contributed by atoms with van der Waals surface area (Å²) in [6.07, 6.45) is 2.94. The van der Waals surface area contributed by atoms with Crippen LogP contribution in [0.1, 0.15) is 16.1 Å². The van der Waals surface area contributed by atoms with Crippen LogP contribution < -0.4 is 25.7 Å². The van der Waals surface area contributed by atoms with Crippen LogP contribution in [0.25, 0.3) is 5.69 Å². The summed E-state index contributed by atoms with van der Waals surface area (Å²) in [5.41, 5.74) is 0.920. The molecule has 2 aromatic heterocycles. The SMILES string of the molecule is COc1ccc(Oc2cnn(-c3ccc(F)cc3)c(=O)c2Nc2ccc(C(=O)NCc3ccco3)cc2)cc1. The molecule has 9 nitrogen and oxygen atoms in total. The van der Waals surface area contributed by atoms with Crippen molar-refractivity contribution in [2.45, 2.75) is 6.54 Å². The molecule has 0 saturated carbocycles. The predicted octanol–water partition coefficient (Wildman–Crippen LogP) is 5.44. The van der Waals surface area contributed by atoms with Crippen LogP contribution in [-0.2, 0) is 6.54 Å². The van der Waals surface area contributed by atoms with Gasteiger partial charge < -0.3 is 24.5 Å². The highest BCUT2D eigenvalue weighted by Crippen LogP contribution is 2.30. The van der Waals surface area contributed by atoms with Gasteiger partial charge in [0.2, 0.25) is 0 Å². The molecule has 2 N–H and O–H groups in total. The maximum Gasteiger partial charge on any atom is 0.299 e. The van der Waals surface area contributed by atoms with Crippen LogP contribution in [0.15, 0.2) is 107 Å². The molecular weight excluding hydrogens is 503 g/mol. The Labute approximate surface area is 222 Å². The van der Waals surface area contributed by atoms with Crippen molar-refractivity contribution in [3.8, 4) is 22.9 Å². The van der Waals surface area contributed by atoms with Crippen molar-refractivity contribution >= 4 is 17.3 Å². The number of rotatable bonds is 9. The van der Waals surface area contributed by atoms with Gasteiger partial charge in [0.1, 0.15) is 23.1 Å². The van der Waals surface area contributed by atoms with Crippen LogP contribution >= 0.6 is 0 Å².